The molecule has 5 heteroatoms. The van der Waals surface area contributed by atoms with Gasteiger partial charge in [-0.3, -0.25) is 9.38 Å². The van der Waals surface area contributed by atoms with Gasteiger partial charge in [0, 0.05) is 56.9 Å². The van der Waals surface area contributed by atoms with Gasteiger partial charge >= 0.3 is 0 Å². The maximum atomic E-state index is 4.65. The molecule has 2 aromatic heterocycles. The molecular formula is C22H23N5. The SMILES string of the molecule is CN(C)c1ccc(-c2cnc3cnc(-c4ccccc4N(C)C)cn23)cc1. The van der Waals surface area contributed by atoms with Crippen LogP contribution in [0.2, 0.25) is 0 Å². The van der Waals surface area contributed by atoms with E-state index in [1.54, 1.807) is 0 Å². The molecule has 2 aromatic carbocycles. The molecule has 0 saturated heterocycles. The molecule has 5 nitrogen and oxygen atoms in total. The van der Waals surface area contributed by atoms with Crippen LogP contribution in [0, 0.1) is 0 Å². The van der Waals surface area contributed by atoms with Gasteiger partial charge in [-0.2, -0.15) is 0 Å². The number of benzene rings is 2. The van der Waals surface area contributed by atoms with Crippen molar-refractivity contribution in [2.45, 2.75) is 0 Å². The zero-order valence-corrected chi connectivity index (χ0v) is 16.1. The molecule has 2 heterocycles. The number of rotatable bonds is 4. The van der Waals surface area contributed by atoms with Gasteiger partial charge in [0.15, 0.2) is 5.65 Å². The van der Waals surface area contributed by atoms with Gasteiger partial charge in [0.05, 0.1) is 23.8 Å². The lowest BCUT2D eigenvalue weighted by atomic mass is 10.1. The normalized spacial score (nSPS) is 11.0. The zero-order valence-electron chi connectivity index (χ0n) is 16.1. The van der Waals surface area contributed by atoms with E-state index >= 15 is 0 Å². The third-order valence-corrected chi connectivity index (χ3v) is 4.74. The summed E-state index contributed by atoms with van der Waals surface area (Å²) in [6.45, 7) is 0. The number of aromatic nitrogens is 3. The number of nitrogens with zero attached hydrogens (tertiary/aromatic N) is 5. The predicted octanol–water partition coefficient (Wildman–Crippen LogP) is 4.20. The smallest absolute Gasteiger partial charge is 0.155 e. The second kappa shape index (κ2) is 6.76. The van der Waals surface area contributed by atoms with Crippen molar-refractivity contribution in [3.8, 4) is 22.5 Å². The average Bonchev–Trinajstić information content (AvgIpc) is 3.11. The van der Waals surface area contributed by atoms with Crippen LogP contribution in [0.5, 0.6) is 0 Å². The summed E-state index contributed by atoms with van der Waals surface area (Å²) in [6.07, 6.45) is 5.81. The van der Waals surface area contributed by atoms with Crippen LogP contribution >= 0.6 is 0 Å². The maximum Gasteiger partial charge on any atom is 0.155 e. The third-order valence-electron chi connectivity index (χ3n) is 4.74. The number of imidazole rings is 1. The second-order valence-electron chi connectivity index (χ2n) is 7.00. The Bertz CT molecular complexity index is 1080. The number of hydrogen-bond donors (Lipinski definition) is 0. The number of anilines is 2. The number of para-hydroxylation sites is 1. The molecule has 0 fully saturated rings. The Morgan fingerprint density at radius 3 is 2.22 bits per heavy atom. The Morgan fingerprint density at radius 2 is 1.52 bits per heavy atom. The third kappa shape index (κ3) is 3.12. The van der Waals surface area contributed by atoms with E-state index < -0.39 is 0 Å². The van der Waals surface area contributed by atoms with E-state index in [1.165, 1.54) is 5.69 Å². The fourth-order valence-electron chi connectivity index (χ4n) is 3.25. The topological polar surface area (TPSA) is 36.7 Å². The molecule has 136 valence electrons. The summed E-state index contributed by atoms with van der Waals surface area (Å²) in [4.78, 5) is 13.4. The van der Waals surface area contributed by atoms with Crippen LogP contribution in [-0.2, 0) is 0 Å². The van der Waals surface area contributed by atoms with E-state index in [1.807, 2.05) is 52.7 Å². The molecular weight excluding hydrogens is 334 g/mol. The Morgan fingerprint density at radius 1 is 0.778 bits per heavy atom. The molecule has 0 aliphatic carbocycles. The van der Waals surface area contributed by atoms with Crippen LogP contribution in [0.1, 0.15) is 0 Å². The van der Waals surface area contributed by atoms with Crippen LogP contribution in [0.4, 0.5) is 11.4 Å². The van der Waals surface area contributed by atoms with Gasteiger partial charge in [-0.25, -0.2) is 4.98 Å². The first-order valence-electron chi connectivity index (χ1n) is 8.92. The first-order valence-corrected chi connectivity index (χ1v) is 8.92. The van der Waals surface area contributed by atoms with Crippen LogP contribution in [0.3, 0.4) is 0 Å². The highest BCUT2D eigenvalue weighted by Gasteiger charge is 2.12. The van der Waals surface area contributed by atoms with E-state index in [0.717, 1.165) is 33.8 Å². The minimum Gasteiger partial charge on any atom is -0.378 e. The Balaban J connectivity index is 1.83. The van der Waals surface area contributed by atoms with Gasteiger partial charge in [-0.05, 0) is 18.2 Å². The molecule has 27 heavy (non-hydrogen) atoms. The Kier molecular flexibility index (Phi) is 4.28. The molecule has 0 spiro atoms. The molecule has 0 unspecified atom stereocenters. The fraction of sp³-hybridized carbons (Fsp3) is 0.182. The summed E-state index contributed by atoms with van der Waals surface area (Å²) < 4.78 is 2.11. The first kappa shape index (κ1) is 17.1. The molecule has 0 radical (unpaired) electrons. The summed E-state index contributed by atoms with van der Waals surface area (Å²) in [6, 6.07) is 16.8. The monoisotopic (exact) mass is 357 g/mol. The molecule has 0 aliphatic heterocycles. The quantitative estimate of drug-likeness (QED) is 0.549. The lowest BCUT2D eigenvalue weighted by Crippen LogP contribution is -2.10. The largest absolute Gasteiger partial charge is 0.378 e. The molecule has 4 rings (SSSR count). The Hall–Kier alpha value is -3.34. The van der Waals surface area contributed by atoms with Gasteiger partial charge in [-0.15, -0.1) is 0 Å². The van der Waals surface area contributed by atoms with E-state index in [4.69, 9.17) is 0 Å². The molecule has 0 aliphatic rings. The minimum absolute atomic E-state index is 0.841. The van der Waals surface area contributed by atoms with Crippen molar-refractivity contribution >= 4 is 17.0 Å². The minimum atomic E-state index is 0.841. The van der Waals surface area contributed by atoms with E-state index in [0.29, 0.717) is 0 Å². The maximum absolute atomic E-state index is 4.65. The van der Waals surface area contributed by atoms with Gasteiger partial charge in [0.2, 0.25) is 0 Å². The number of hydrogen-bond acceptors (Lipinski definition) is 4. The first-order chi connectivity index (χ1) is 13.0. The number of fused-ring (bicyclic) bond motifs is 1. The van der Waals surface area contributed by atoms with Crippen LogP contribution in [0.25, 0.3) is 28.2 Å². The lowest BCUT2D eigenvalue weighted by molar-refractivity contribution is 1.11. The van der Waals surface area contributed by atoms with E-state index in [2.05, 4.69) is 66.8 Å². The summed E-state index contributed by atoms with van der Waals surface area (Å²) in [5.74, 6) is 0. The Labute approximate surface area is 159 Å². The summed E-state index contributed by atoms with van der Waals surface area (Å²) in [5.41, 5.74) is 7.37. The summed E-state index contributed by atoms with van der Waals surface area (Å²) >= 11 is 0. The van der Waals surface area contributed by atoms with Crippen molar-refractivity contribution < 1.29 is 0 Å². The van der Waals surface area contributed by atoms with E-state index in [9.17, 15) is 0 Å². The zero-order chi connectivity index (χ0) is 19.0. The van der Waals surface area contributed by atoms with Gasteiger partial charge < -0.3 is 9.80 Å². The van der Waals surface area contributed by atoms with Crippen molar-refractivity contribution in [2.75, 3.05) is 38.0 Å². The fourth-order valence-corrected chi connectivity index (χ4v) is 3.25. The van der Waals surface area contributed by atoms with Gasteiger partial charge in [-0.1, -0.05) is 30.3 Å². The van der Waals surface area contributed by atoms with Crippen molar-refractivity contribution in [1.29, 1.82) is 0 Å². The lowest BCUT2D eigenvalue weighted by Gasteiger charge is -2.17. The standard InChI is InChI=1S/C22H23N5/c1-25(2)17-11-9-16(10-12-17)21-13-24-22-14-23-19(15-27(21)22)18-7-5-6-8-20(18)26(3)4/h5-15H,1-4H3. The van der Waals surface area contributed by atoms with Gasteiger partial charge in [0.25, 0.3) is 0 Å². The summed E-state index contributed by atoms with van der Waals surface area (Å²) in [5, 5.41) is 0. The molecule has 4 aromatic rings. The molecule has 0 atom stereocenters. The molecule has 0 N–H and O–H groups in total. The highest BCUT2D eigenvalue weighted by Crippen LogP contribution is 2.30. The molecule has 0 saturated carbocycles. The summed E-state index contributed by atoms with van der Waals surface area (Å²) in [7, 11) is 8.19. The van der Waals surface area contributed by atoms with Crippen molar-refractivity contribution in [3.05, 3.63) is 67.1 Å². The second-order valence-corrected chi connectivity index (χ2v) is 7.00. The van der Waals surface area contributed by atoms with Gasteiger partial charge in [0.1, 0.15) is 0 Å². The van der Waals surface area contributed by atoms with Crippen molar-refractivity contribution in [1.82, 2.24) is 14.4 Å². The van der Waals surface area contributed by atoms with Crippen LogP contribution in [-0.4, -0.2) is 42.6 Å². The highest BCUT2D eigenvalue weighted by molar-refractivity contribution is 5.77. The predicted molar refractivity (Wildman–Crippen MR) is 113 cm³/mol. The molecule has 0 bridgehead atoms. The van der Waals surface area contributed by atoms with Crippen molar-refractivity contribution in [3.63, 3.8) is 0 Å². The highest BCUT2D eigenvalue weighted by atomic mass is 15.1. The van der Waals surface area contributed by atoms with E-state index in [-0.39, 0.29) is 0 Å². The average molecular weight is 357 g/mol. The van der Waals surface area contributed by atoms with Crippen molar-refractivity contribution in [2.24, 2.45) is 0 Å². The van der Waals surface area contributed by atoms with Crippen LogP contribution in [0.15, 0.2) is 67.1 Å². The molecule has 0 amide bonds. The van der Waals surface area contributed by atoms with Crippen LogP contribution < -0.4 is 9.80 Å².